The number of para-hydroxylation sites is 1. The van der Waals surface area contributed by atoms with Crippen LogP contribution in [0.5, 0.6) is 0 Å². The molecule has 0 saturated carbocycles. The van der Waals surface area contributed by atoms with Crippen molar-refractivity contribution in [1.29, 1.82) is 0 Å². The Labute approximate surface area is 163 Å². The second kappa shape index (κ2) is 7.49. The van der Waals surface area contributed by atoms with Crippen molar-refractivity contribution in [2.45, 2.75) is 29.6 Å². The van der Waals surface area contributed by atoms with Gasteiger partial charge in [-0.05, 0) is 54.4 Å². The molecule has 27 heavy (non-hydrogen) atoms. The van der Waals surface area contributed by atoms with Gasteiger partial charge in [-0.15, -0.1) is 0 Å². The molecule has 0 aliphatic carbocycles. The van der Waals surface area contributed by atoms with Gasteiger partial charge >= 0.3 is 5.97 Å². The lowest BCUT2D eigenvalue weighted by Crippen LogP contribution is -2.06. The number of hydrogen-bond acceptors (Lipinski definition) is 4. The molecule has 0 spiro atoms. The number of anilines is 2. The monoisotopic (exact) mass is 375 g/mol. The third-order valence-corrected chi connectivity index (χ3v) is 5.93. The zero-order valence-electron chi connectivity index (χ0n) is 15.4. The number of fused-ring (bicyclic) bond motifs is 2. The first-order valence-electron chi connectivity index (χ1n) is 9.10. The lowest BCUT2D eigenvalue weighted by molar-refractivity contribution is 0.0526. The molecule has 0 radical (unpaired) electrons. The summed E-state index contributed by atoms with van der Waals surface area (Å²) in [6.45, 7) is 4.37. The summed E-state index contributed by atoms with van der Waals surface area (Å²) >= 11 is 1.79. The number of nitrogens with one attached hydrogen (secondary N) is 1. The molecule has 1 unspecified atom stereocenters. The third kappa shape index (κ3) is 3.58. The van der Waals surface area contributed by atoms with E-state index in [-0.39, 0.29) is 11.9 Å². The van der Waals surface area contributed by atoms with Crippen LogP contribution in [0.25, 0.3) is 0 Å². The topological polar surface area (TPSA) is 38.3 Å². The summed E-state index contributed by atoms with van der Waals surface area (Å²) < 4.78 is 5.12. The summed E-state index contributed by atoms with van der Waals surface area (Å²) in [7, 11) is 0. The van der Waals surface area contributed by atoms with Crippen molar-refractivity contribution in [3.63, 3.8) is 0 Å². The molecule has 1 atom stereocenters. The van der Waals surface area contributed by atoms with E-state index in [2.05, 4.69) is 54.7 Å². The zero-order valence-corrected chi connectivity index (χ0v) is 16.2. The highest BCUT2D eigenvalue weighted by molar-refractivity contribution is 7.99. The first-order valence-corrected chi connectivity index (χ1v) is 9.92. The fourth-order valence-electron chi connectivity index (χ4n) is 3.27. The Bertz CT molecular complexity index is 999. The van der Waals surface area contributed by atoms with E-state index in [1.54, 1.807) is 17.8 Å². The van der Waals surface area contributed by atoms with Gasteiger partial charge in [-0.1, -0.05) is 49.0 Å². The average Bonchev–Trinajstić information content (AvgIpc) is 2.71. The van der Waals surface area contributed by atoms with Crippen molar-refractivity contribution < 1.29 is 9.53 Å². The van der Waals surface area contributed by atoms with Crippen LogP contribution in [0.1, 0.15) is 41.3 Å². The van der Waals surface area contributed by atoms with E-state index in [1.807, 2.05) is 25.1 Å². The summed E-state index contributed by atoms with van der Waals surface area (Å²) in [6, 6.07) is 22.6. The molecular formula is C23H21NO2S. The summed E-state index contributed by atoms with van der Waals surface area (Å²) in [5.74, 6) is -0.0969. The number of hydrogen-bond donors (Lipinski definition) is 1. The van der Waals surface area contributed by atoms with Crippen LogP contribution in [-0.2, 0) is 4.74 Å². The second-order valence-electron chi connectivity index (χ2n) is 6.55. The van der Waals surface area contributed by atoms with Crippen molar-refractivity contribution in [1.82, 2.24) is 0 Å². The van der Waals surface area contributed by atoms with E-state index in [9.17, 15) is 4.79 Å². The number of rotatable bonds is 4. The fourth-order valence-corrected chi connectivity index (χ4v) is 4.24. The van der Waals surface area contributed by atoms with Crippen LogP contribution < -0.4 is 5.32 Å². The normalized spacial score (nSPS) is 13.1. The maximum Gasteiger partial charge on any atom is 0.338 e. The third-order valence-electron chi connectivity index (χ3n) is 4.78. The SMILES string of the molecule is CCOC(=O)c1cccc(C(C)c2ccc3c(c2)Nc2ccccc2S3)c1. The summed E-state index contributed by atoms with van der Waals surface area (Å²) in [5, 5.41) is 3.54. The van der Waals surface area contributed by atoms with Crippen molar-refractivity contribution >= 4 is 29.1 Å². The predicted molar refractivity (Wildman–Crippen MR) is 110 cm³/mol. The molecule has 4 heteroatoms. The first kappa shape index (κ1) is 17.7. The highest BCUT2D eigenvalue weighted by atomic mass is 32.2. The standard InChI is InChI=1S/C23H21NO2S/c1-3-26-23(25)18-8-6-7-16(13-18)15(2)17-11-12-22-20(14-17)24-19-9-4-5-10-21(19)27-22/h4-15,24H,3H2,1-2H3. The molecule has 3 aromatic rings. The van der Waals surface area contributed by atoms with Gasteiger partial charge < -0.3 is 10.1 Å². The van der Waals surface area contributed by atoms with Crippen molar-refractivity contribution in [3.05, 3.63) is 83.4 Å². The smallest absolute Gasteiger partial charge is 0.338 e. The van der Waals surface area contributed by atoms with Gasteiger partial charge in [0.25, 0.3) is 0 Å². The van der Waals surface area contributed by atoms with Crippen LogP contribution in [0.2, 0.25) is 0 Å². The Morgan fingerprint density at radius 1 is 0.963 bits per heavy atom. The summed E-state index contributed by atoms with van der Waals surface area (Å²) in [4.78, 5) is 14.5. The number of esters is 1. The van der Waals surface area contributed by atoms with Crippen LogP contribution in [0.15, 0.2) is 76.5 Å². The second-order valence-corrected chi connectivity index (χ2v) is 7.63. The van der Waals surface area contributed by atoms with Gasteiger partial charge in [-0.2, -0.15) is 0 Å². The number of ether oxygens (including phenoxy) is 1. The summed E-state index contributed by atoms with van der Waals surface area (Å²) in [5.41, 5.74) is 5.18. The van der Waals surface area contributed by atoms with E-state index in [0.29, 0.717) is 12.2 Å². The largest absolute Gasteiger partial charge is 0.462 e. The lowest BCUT2D eigenvalue weighted by Gasteiger charge is -2.23. The highest BCUT2D eigenvalue weighted by Crippen LogP contribution is 2.45. The van der Waals surface area contributed by atoms with Gasteiger partial charge in [0.05, 0.1) is 23.5 Å². The minimum absolute atomic E-state index is 0.175. The predicted octanol–water partition coefficient (Wildman–Crippen LogP) is 6.22. The fraction of sp³-hybridized carbons (Fsp3) is 0.174. The zero-order chi connectivity index (χ0) is 18.8. The van der Waals surface area contributed by atoms with Crippen LogP contribution >= 0.6 is 11.8 Å². The molecule has 1 N–H and O–H groups in total. The van der Waals surface area contributed by atoms with Gasteiger partial charge in [0, 0.05) is 15.7 Å². The van der Waals surface area contributed by atoms with Gasteiger partial charge in [0.15, 0.2) is 0 Å². The van der Waals surface area contributed by atoms with E-state index >= 15 is 0 Å². The molecule has 0 bridgehead atoms. The molecule has 1 heterocycles. The summed E-state index contributed by atoms with van der Waals surface area (Å²) in [6.07, 6.45) is 0. The van der Waals surface area contributed by atoms with Gasteiger partial charge in [-0.25, -0.2) is 4.79 Å². The van der Waals surface area contributed by atoms with Crippen molar-refractivity contribution in [2.24, 2.45) is 0 Å². The minimum atomic E-state index is -0.272. The van der Waals surface area contributed by atoms with Crippen LogP contribution in [0.4, 0.5) is 11.4 Å². The molecule has 3 aromatic carbocycles. The molecule has 4 rings (SSSR count). The van der Waals surface area contributed by atoms with E-state index in [1.165, 1.54) is 15.4 Å². The van der Waals surface area contributed by atoms with Crippen LogP contribution in [0.3, 0.4) is 0 Å². The Hall–Kier alpha value is -2.72. The molecule has 0 saturated heterocycles. The molecule has 0 aromatic heterocycles. The number of carbonyl (C=O) groups is 1. The molecule has 1 aliphatic rings. The highest BCUT2D eigenvalue weighted by Gasteiger charge is 2.18. The van der Waals surface area contributed by atoms with Crippen molar-refractivity contribution in [3.8, 4) is 0 Å². The molecule has 0 fully saturated rings. The average molecular weight is 375 g/mol. The molecule has 1 aliphatic heterocycles. The minimum Gasteiger partial charge on any atom is -0.462 e. The van der Waals surface area contributed by atoms with Gasteiger partial charge in [0.1, 0.15) is 0 Å². The number of carbonyl (C=O) groups excluding carboxylic acids is 1. The number of benzene rings is 3. The molecule has 0 amide bonds. The van der Waals surface area contributed by atoms with Crippen LogP contribution in [0, 0.1) is 0 Å². The Balaban J connectivity index is 1.62. The molecule has 136 valence electrons. The first-order chi connectivity index (χ1) is 13.2. The molecular weight excluding hydrogens is 354 g/mol. The maximum absolute atomic E-state index is 12.0. The van der Waals surface area contributed by atoms with Gasteiger partial charge in [0.2, 0.25) is 0 Å². The quantitative estimate of drug-likeness (QED) is 0.430. The van der Waals surface area contributed by atoms with E-state index < -0.39 is 0 Å². The van der Waals surface area contributed by atoms with Crippen molar-refractivity contribution in [2.75, 3.05) is 11.9 Å². The van der Waals surface area contributed by atoms with E-state index in [4.69, 9.17) is 4.74 Å². The van der Waals surface area contributed by atoms with E-state index in [0.717, 1.165) is 16.9 Å². The van der Waals surface area contributed by atoms with Crippen LogP contribution in [-0.4, -0.2) is 12.6 Å². The Morgan fingerprint density at radius 2 is 1.74 bits per heavy atom. The maximum atomic E-state index is 12.0. The Kier molecular flexibility index (Phi) is 4.90. The van der Waals surface area contributed by atoms with Gasteiger partial charge in [-0.3, -0.25) is 0 Å². The Morgan fingerprint density at radius 3 is 2.59 bits per heavy atom. The molecule has 3 nitrogen and oxygen atoms in total. The lowest BCUT2D eigenvalue weighted by atomic mass is 9.91.